The van der Waals surface area contributed by atoms with Gasteiger partial charge in [-0.1, -0.05) is 0 Å². The number of furan rings is 1. The summed E-state index contributed by atoms with van der Waals surface area (Å²) in [5, 5.41) is 8.69. The molecule has 0 saturated heterocycles. The van der Waals surface area contributed by atoms with E-state index >= 15 is 0 Å². The predicted molar refractivity (Wildman–Crippen MR) is 53.3 cm³/mol. The van der Waals surface area contributed by atoms with E-state index in [-0.39, 0.29) is 0 Å². The molecule has 1 aromatic carbocycles. The van der Waals surface area contributed by atoms with E-state index in [1.54, 1.807) is 18.4 Å². The highest BCUT2D eigenvalue weighted by atomic mass is 16.3. The summed E-state index contributed by atoms with van der Waals surface area (Å²) in [6, 6.07) is 10.9. The van der Waals surface area contributed by atoms with Gasteiger partial charge in [0.1, 0.15) is 11.8 Å². The summed E-state index contributed by atoms with van der Waals surface area (Å²) >= 11 is 0. The van der Waals surface area contributed by atoms with Crippen molar-refractivity contribution in [2.45, 2.75) is 0 Å². The van der Waals surface area contributed by atoms with Gasteiger partial charge in [0.2, 0.25) is 0 Å². The van der Waals surface area contributed by atoms with Crippen LogP contribution in [-0.2, 0) is 0 Å². The van der Waals surface area contributed by atoms with E-state index in [9.17, 15) is 0 Å². The zero-order chi connectivity index (χ0) is 9.97. The Morgan fingerprint density at radius 3 is 2.71 bits per heavy atom. The van der Waals surface area contributed by atoms with Crippen LogP contribution in [0, 0.1) is 11.3 Å². The third-order valence-electron chi connectivity index (χ3n) is 1.98. The summed E-state index contributed by atoms with van der Waals surface area (Å²) in [6.07, 6.45) is 1.60. The first-order valence-corrected chi connectivity index (χ1v) is 4.15. The maximum absolute atomic E-state index is 8.69. The average molecular weight is 184 g/mol. The first-order chi connectivity index (χ1) is 6.81. The van der Waals surface area contributed by atoms with E-state index in [1.165, 1.54) is 0 Å². The van der Waals surface area contributed by atoms with Crippen molar-refractivity contribution in [3.63, 3.8) is 0 Å². The van der Waals surface area contributed by atoms with Gasteiger partial charge >= 0.3 is 0 Å². The maximum atomic E-state index is 8.69. The Bertz CT molecular complexity index is 480. The molecule has 0 aliphatic heterocycles. The molecule has 0 amide bonds. The molecule has 68 valence electrons. The summed E-state index contributed by atoms with van der Waals surface area (Å²) in [7, 11) is 0. The lowest BCUT2D eigenvalue weighted by Crippen LogP contribution is -1.90. The van der Waals surface area contributed by atoms with Gasteiger partial charge in [0.05, 0.1) is 17.5 Å². The topological polar surface area (TPSA) is 63.0 Å². The first kappa shape index (κ1) is 8.39. The minimum Gasteiger partial charge on any atom is -0.464 e. The molecule has 2 aromatic rings. The molecule has 0 saturated carbocycles. The van der Waals surface area contributed by atoms with Crippen molar-refractivity contribution in [2.75, 3.05) is 5.73 Å². The number of hydrogen-bond acceptors (Lipinski definition) is 3. The molecular weight excluding hydrogens is 176 g/mol. The fourth-order valence-corrected chi connectivity index (χ4v) is 1.26. The molecule has 1 aromatic heterocycles. The zero-order valence-corrected chi connectivity index (χ0v) is 7.40. The largest absolute Gasteiger partial charge is 0.464 e. The standard InChI is InChI=1S/C11H8N2O/c12-7-9-4-3-8(6-10(9)13)11-2-1-5-14-11/h1-6H,13H2. The van der Waals surface area contributed by atoms with Crippen LogP contribution in [0.3, 0.4) is 0 Å². The fourth-order valence-electron chi connectivity index (χ4n) is 1.26. The SMILES string of the molecule is N#Cc1ccc(-c2ccco2)cc1N. The highest BCUT2D eigenvalue weighted by Crippen LogP contribution is 2.23. The van der Waals surface area contributed by atoms with E-state index in [2.05, 4.69) is 0 Å². The number of nitriles is 1. The van der Waals surface area contributed by atoms with Gasteiger partial charge in [-0.15, -0.1) is 0 Å². The van der Waals surface area contributed by atoms with Gasteiger partial charge in [0.25, 0.3) is 0 Å². The van der Waals surface area contributed by atoms with Crippen LogP contribution >= 0.6 is 0 Å². The lowest BCUT2D eigenvalue weighted by Gasteiger charge is -2.00. The predicted octanol–water partition coefficient (Wildman–Crippen LogP) is 2.40. The summed E-state index contributed by atoms with van der Waals surface area (Å²) < 4.78 is 5.21. The van der Waals surface area contributed by atoms with Crippen LogP contribution in [-0.4, -0.2) is 0 Å². The fraction of sp³-hybridized carbons (Fsp3) is 0. The van der Waals surface area contributed by atoms with E-state index in [0.717, 1.165) is 11.3 Å². The van der Waals surface area contributed by atoms with E-state index in [0.29, 0.717) is 11.3 Å². The number of rotatable bonds is 1. The maximum Gasteiger partial charge on any atom is 0.133 e. The molecule has 0 fully saturated rings. The Balaban J connectivity index is 2.49. The van der Waals surface area contributed by atoms with Gasteiger partial charge in [-0.25, -0.2) is 0 Å². The van der Waals surface area contributed by atoms with Crippen LogP contribution < -0.4 is 5.73 Å². The number of benzene rings is 1. The van der Waals surface area contributed by atoms with Crippen LogP contribution in [0.1, 0.15) is 5.56 Å². The summed E-state index contributed by atoms with van der Waals surface area (Å²) in [6.45, 7) is 0. The number of nitrogens with two attached hydrogens (primary N) is 1. The van der Waals surface area contributed by atoms with Crippen molar-refractivity contribution in [1.29, 1.82) is 5.26 Å². The molecule has 14 heavy (non-hydrogen) atoms. The smallest absolute Gasteiger partial charge is 0.133 e. The lowest BCUT2D eigenvalue weighted by molar-refractivity contribution is 0.582. The number of nitrogens with zero attached hydrogens (tertiary/aromatic N) is 1. The molecule has 0 aliphatic carbocycles. The van der Waals surface area contributed by atoms with E-state index in [1.807, 2.05) is 24.3 Å². The van der Waals surface area contributed by atoms with Crippen molar-refractivity contribution in [3.8, 4) is 17.4 Å². The lowest BCUT2D eigenvalue weighted by atomic mass is 10.1. The van der Waals surface area contributed by atoms with Gasteiger partial charge in [0.15, 0.2) is 0 Å². The van der Waals surface area contributed by atoms with Gasteiger partial charge < -0.3 is 10.2 Å². The normalized spacial score (nSPS) is 9.64. The molecule has 0 radical (unpaired) electrons. The molecule has 1 heterocycles. The van der Waals surface area contributed by atoms with Gasteiger partial charge in [-0.05, 0) is 30.3 Å². The minimum absolute atomic E-state index is 0.474. The van der Waals surface area contributed by atoms with Crippen molar-refractivity contribution >= 4 is 5.69 Å². The summed E-state index contributed by atoms with van der Waals surface area (Å²) in [4.78, 5) is 0. The quantitative estimate of drug-likeness (QED) is 0.692. The Morgan fingerprint density at radius 1 is 1.29 bits per heavy atom. The molecule has 0 bridgehead atoms. The van der Waals surface area contributed by atoms with E-state index < -0.39 is 0 Å². The third kappa shape index (κ3) is 1.34. The molecule has 2 N–H and O–H groups in total. The molecular formula is C11H8N2O. The van der Waals surface area contributed by atoms with Crippen LogP contribution in [0.15, 0.2) is 41.0 Å². The number of anilines is 1. The van der Waals surface area contributed by atoms with Crippen LogP contribution in [0.2, 0.25) is 0 Å². The zero-order valence-electron chi connectivity index (χ0n) is 7.40. The highest BCUT2D eigenvalue weighted by Gasteiger charge is 2.03. The van der Waals surface area contributed by atoms with Gasteiger partial charge in [-0.3, -0.25) is 0 Å². The minimum atomic E-state index is 0.474. The Kier molecular flexibility index (Phi) is 1.96. The Morgan fingerprint density at radius 2 is 2.14 bits per heavy atom. The van der Waals surface area contributed by atoms with Crippen molar-refractivity contribution in [3.05, 3.63) is 42.2 Å². The monoisotopic (exact) mass is 184 g/mol. The summed E-state index contributed by atoms with van der Waals surface area (Å²) in [5.74, 6) is 0.751. The Hall–Kier alpha value is -2.21. The van der Waals surface area contributed by atoms with Crippen LogP contribution in [0.5, 0.6) is 0 Å². The van der Waals surface area contributed by atoms with Crippen molar-refractivity contribution < 1.29 is 4.42 Å². The van der Waals surface area contributed by atoms with Crippen molar-refractivity contribution in [2.24, 2.45) is 0 Å². The van der Waals surface area contributed by atoms with Gasteiger partial charge in [-0.2, -0.15) is 5.26 Å². The van der Waals surface area contributed by atoms with Gasteiger partial charge in [0, 0.05) is 5.56 Å². The third-order valence-corrected chi connectivity index (χ3v) is 1.98. The second-order valence-electron chi connectivity index (χ2n) is 2.89. The number of hydrogen-bond donors (Lipinski definition) is 1. The molecule has 3 nitrogen and oxygen atoms in total. The molecule has 3 heteroatoms. The van der Waals surface area contributed by atoms with Crippen molar-refractivity contribution in [1.82, 2.24) is 0 Å². The molecule has 0 aliphatic rings. The number of nitrogen functional groups attached to an aromatic ring is 1. The average Bonchev–Trinajstić information content (AvgIpc) is 2.70. The van der Waals surface area contributed by atoms with Crippen LogP contribution in [0.25, 0.3) is 11.3 Å². The summed E-state index contributed by atoms with van der Waals surface area (Å²) in [5.41, 5.74) is 7.51. The second-order valence-corrected chi connectivity index (χ2v) is 2.89. The molecule has 0 spiro atoms. The Labute approximate surface area is 81.4 Å². The van der Waals surface area contributed by atoms with Crippen LogP contribution in [0.4, 0.5) is 5.69 Å². The van der Waals surface area contributed by atoms with E-state index in [4.69, 9.17) is 15.4 Å². The molecule has 2 rings (SSSR count). The molecule has 0 unspecified atom stereocenters. The second kappa shape index (κ2) is 3.27. The first-order valence-electron chi connectivity index (χ1n) is 4.15. The highest BCUT2D eigenvalue weighted by molar-refractivity contribution is 5.67. The molecule has 0 atom stereocenters.